The number of thiazole rings is 1. The normalized spacial score (nSPS) is 15.6. The Labute approximate surface area is 210 Å². The van der Waals surface area contributed by atoms with Crippen molar-refractivity contribution in [3.63, 3.8) is 0 Å². The molecule has 0 bridgehead atoms. The Kier molecular flexibility index (Phi) is 6.24. The van der Waals surface area contributed by atoms with Crippen LogP contribution in [0.2, 0.25) is 0 Å². The first-order valence-corrected chi connectivity index (χ1v) is 12.2. The smallest absolute Gasteiger partial charge is 0.338 e. The number of carbonyl (C=O) groups excluding carboxylic acids is 1. The van der Waals surface area contributed by atoms with E-state index in [1.54, 1.807) is 52.5 Å². The van der Waals surface area contributed by atoms with Gasteiger partial charge in [0.25, 0.3) is 5.56 Å². The summed E-state index contributed by atoms with van der Waals surface area (Å²) in [6.07, 6.45) is 3.22. The summed E-state index contributed by atoms with van der Waals surface area (Å²) in [6, 6.07) is 12.1. The van der Waals surface area contributed by atoms with E-state index in [1.165, 1.54) is 15.9 Å². The van der Waals surface area contributed by atoms with Crippen molar-refractivity contribution in [1.82, 2.24) is 4.57 Å². The van der Waals surface area contributed by atoms with E-state index in [1.807, 2.05) is 30.3 Å². The third-order valence-corrected chi connectivity index (χ3v) is 7.04. The van der Waals surface area contributed by atoms with Crippen LogP contribution in [0.4, 0.5) is 0 Å². The Morgan fingerprint density at radius 3 is 2.69 bits per heavy atom. The zero-order chi connectivity index (χ0) is 25.4. The second-order valence-corrected chi connectivity index (χ2v) is 9.10. The molecule has 184 valence electrons. The number of rotatable bonds is 6. The number of nitrogens with zero attached hydrogens (tertiary/aromatic N) is 2. The number of fused-ring (bicyclic) bond motifs is 2. The van der Waals surface area contributed by atoms with Crippen molar-refractivity contribution in [1.29, 1.82) is 0 Å². The van der Waals surface area contributed by atoms with E-state index in [4.69, 9.17) is 18.6 Å². The van der Waals surface area contributed by atoms with Gasteiger partial charge in [-0.25, -0.2) is 9.79 Å². The minimum absolute atomic E-state index is 0.186. The number of furan rings is 1. The molecular weight excluding hydrogens is 480 g/mol. The lowest BCUT2D eigenvalue weighted by Gasteiger charge is -2.27. The van der Waals surface area contributed by atoms with Gasteiger partial charge in [0.1, 0.15) is 23.3 Å². The maximum absolute atomic E-state index is 13.8. The summed E-state index contributed by atoms with van der Waals surface area (Å²) < 4.78 is 24.1. The van der Waals surface area contributed by atoms with Crippen LogP contribution in [0.25, 0.3) is 16.8 Å². The third-order valence-electron chi connectivity index (χ3n) is 6.06. The quantitative estimate of drug-likeness (QED) is 0.373. The average Bonchev–Trinajstić information content (AvgIpc) is 3.50. The molecule has 5 rings (SSSR count). The van der Waals surface area contributed by atoms with Crippen LogP contribution >= 0.6 is 11.3 Å². The van der Waals surface area contributed by atoms with Gasteiger partial charge < -0.3 is 18.6 Å². The van der Waals surface area contributed by atoms with Crippen LogP contribution in [0.5, 0.6) is 11.5 Å². The lowest BCUT2D eigenvalue weighted by molar-refractivity contribution is -0.139. The molecule has 2 aromatic heterocycles. The van der Waals surface area contributed by atoms with Gasteiger partial charge in [0.05, 0.1) is 42.9 Å². The fraction of sp³-hybridized carbons (Fsp3) is 0.222. The number of carbonyl (C=O) groups is 1. The van der Waals surface area contributed by atoms with Gasteiger partial charge in [-0.15, -0.1) is 0 Å². The van der Waals surface area contributed by atoms with E-state index in [0.29, 0.717) is 37.9 Å². The minimum atomic E-state index is -0.829. The second kappa shape index (κ2) is 9.50. The van der Waals surface area contributed by atoms with E-state index in [9.17, 15) is 9.59 Å². The van der Waals surface area contributed by atoms with Gasteiger partial charge in [-0.1, -0.05) is 23.5 Å². The number of methoxy groups -OCH3 is 2. The van der Waals surface area contributed by atoms with Gasteiger partial charge in [-0.3, -0.25) is 9.36 Å². The number of benzene rings is 2. The van der Waals surface area contributed by atoms with Crippen LogP contribution in [0, 0.1) is 0 Å². The van der Waals surface area contributed by atoms with Crippen molar-refractivity contribution >= 4 is 34.2 Å². The summed E-state index contributed by atoms with van der Waals surface area (Å²) in [5, 5.41) is 1.69. The summed E-state index contributed by atoms with van der Waals surface area (Å²) in [5.41, 5.74) is 1.11. The molecule has 0 saturated carbocycles. The number of aromatic nitrogens is 1. The highest BCUT2D eigenvalue weighted by Crippen LogP contribution is 2.41. The molecule has 0 spiro atoms. The first kappa shape index (κ1) is 23.6. The predicted molar refractivity (Wildman–Crippen MR) is 136 cm³/mol. The number of allylic oxidation sites excluding steroid dienone is 1. The fourth-order valence-electron chi connectivity index (χ4n) is 4.46. The van der Waals surface area contributed by atoms with E-state index in [0.717, 1.165) is 10.8 Å². The molecular formula is C27H24N2O6S. The van der Waals surface area contributed by atoms with Gasteiger partial charge in [0.2, 0.25) is 0 Å². The third kappa shape index (κ3) is 3.91. The van der Waals surface area contributed by atoms with Gasteiger partial charge in [-0.2, -0.15) is 0 Å². The molecule has 2 aromatic carbocycles. The Balaban J connectivity index is 1.88. The standard InChI is InChI=1S/C27H24N2O6S/c1-5-34-26(31)22-15(2)28-27-29(25(30)21(36-27)14-18-7-6-12-35-18)24(22)23-19-13-17(32-3)10-8-16(19)9-11-20(23)33-4/h6-14,24H,5H2,1-4H3. The van der Waals surface area contributed by atoms with Crippen LogP contribution < -0.4 is 24.4 Å². The molecule has 3 heterocycles. The van der Waals surface area contributed by atoms with Crippen LogP contribution in [0.15, 0.2) is 74.2 Å². The molecule has 0 amide bonds. The molecule has 1 atom stereocenters. The molecule has 1 aliphatic heterocycles. The van der Waals surface area contributed by atoms with E-state index < -0.39 is 12.0 Å². The Morgan fingerprint density at radius 1 is 1.19 bits per heavy atom. The van der Waals surface area contributed by atoms with Crippen LogP contribution in [0.1, 0.15) is 31.2 Å². The molecule has 4 aromatic rings. The average molecular weight is 505 g/mol. The van der Waals surface area contributed by atoms with E-state index >= 15 is 0 Å². The van der Waals surface area contributed by atoms with Crippen molar-refractivity contribution in [3.8, 4) is 11.5 Å². The summed E-state index contributed by atoms with van der Waals surface area (Å²) in [5.74, 6) is 1.18. The second-order valence-electron chi connectivity index (χ2n) is 8.09. The Bertz CT molecular complexity index is 1670. The van der Waals surface area contributed by atoms with Crippen molar-refractivity contribution in [3.05, 3.63) is 91.0 Å². The van der Waals surface area contributed by atoms with E-state index in [-0.39, 0.29) is 17.7 Å². The Morgan fingerprint density at radius 2 is 2.00 bits per heavy atom. The summed E-state index contributed by atoms with van der Waals surface area (Å²) in [6.45, 7) is 3.68. The van der Waals surface area contributed by atoms with Gasteiger partial charge in [0.15, 0.2) is 4.80 Å². The number of ether oxygens (including phenoxy) is 3. The monoisotopic (exact) mass is 504 g/mol. The molecule has 0 saturated heterocycles. The number of hydrogen-bond donors (Lipinski definition) is 0. The Hall–Kier alpha value is -4.11. The number of esters is 1. The maximum Gasteiger partial charge on any atom is 0.338 e. The maximum atomic E-state index is 13.8. The van der Waals surface area contributed by atoms with Crippen molar-refractivity contribution in [2.75, 3.05) is 20.8 Å². The highest BCUT2D eigenvalue weighted by molar-refractivity contribution is 7.07. The largest absolute Gasteiger partial charge is 0.497 e. The molecule has 1 unspecified atom stereocenters. The zero-order valence-electron chi connectivity index (χ0n) is 20.2. The lowest BCUT2D eigenvalue weighted by Crippen LogP contribution is -2.40. The van der Waals surface area contributed by atoms with E-state index in [2.05, 4.69) is 4.99 Å². The van der Waals surface area contributed by atoms with Gasteiger partial charge in [0, 0.05) is 11.6 Å². The first-order chi connectivity index (χ1) is 17.5. The summed E-state index contributed by atoms with van der Waals surface area (Å²) in [4.78, 5) is 32.2. The highest BCUT2D eigenvalue weighted by Gasteiger charge is 2.36. The van der Waals surface area contributed by atoms with Crippen LogP contribution in [0.3, 0.4) is 0 Å². The number of hydrogen-bond acceptors (Lipinski definition) is 8. The zero-order valence-corrected chi connectivity index (χ0v) is 21.0. The van der Waals surface area contributed by atoms with Crippen LogP contribution in [-0.2, 0) is 9.53 Å². The molecule has 36 heavy (non-hydrogen) atoms. The predicted octanol–water partition coefficient (Wildman–Crippen LogP) is 3.56. The fourth-order valence-corrected chi connectivity index (χ4v) is 5.48. The summed E-state index contributed by atoms with van der Waals surface area (Å²) >= 11 is 1.23. The minimum Gasteiger partial charge on any atom is -0.497 e. The van der Waals surface area contributed by atoms with Gasteiger partial charge >= 0.3 is 5.97 Å². The first-order valence-electron chi connectivity index (χ1n) is 11.3. The molecule has 8 nitrogen and oxygen atoms in total. The van der Waals surface area contributed by atoms with Gasteiger partial charge in [-0.05, 0) is 55.0 Å². The molecule has 0 radical (unpaired) electrons. The molecule has 0 aliphatic carbocycles. The van der Waals surface area contributed by atoms with Crippen LogP contribution in [-0.4, -0.2) is 31.4 Å². The topological polar surface area (TPSA) is 92.3 Å². The molecule has 0 N–H and O–H groups in total. The van der Waals surface area contributed by atoms with Crippen molar-refractivity contribution in [2.45, 2.75) is 19.9 Å². The SMILES string of the molecule is CCOC(=O)C1=C(C)N=c2sc(=Cc3ccco3)c(=O)n2C1c1c(OC)ccc2ccc(OC)cc12. The molecule has 1 aliphatic rings. The van der Waals surface area contributed by atoms with Crippen molar-refractivity contribution < 1.29 is 23.4 Å². The highest BCUT2D eigenvalue weighted by atomic mass is 32.1. The molecule has 0 fully saturated rings. The summed E-state index contributed by atoms with van der Waals surface area (Å²) in [7, 11) is 3.15. The molecule has 9 heteroatoms. The lowest BCUT2D eigenvalue weighted by atomic mass is 9.90. The van der Waals surface area contributed by atoms with Crippen molar-refractivity contribution in [2.24, 2.45) is 4.99 Å².